The Hall–Kier alpha value is -1.31. The molecule has 1 atom stereocenters. The zero-order valence-corrected chi connectivity index (χ0v) is 13.6. The molecule has 3 heterocycles. The maximum atomic E-state index is 5.69. The Bertz CT molecular complexity index is 640. The van der Waals surface area contributed by atoms with Gasteiger partial charge in [0.25, 0.3) is 0 Å². The molecule has 0 saturated carbocycles. The highest BCUT2D eigenvalue weighted by molar-refractivity contribution is 9.10. The highest BCUT2D eigenvalue weighted by Crippen LogP contribution is 2.25. The molecular weight excluding hydrogens is 336 g/mol. The zero-order chi connectivity index (χ0) is 14.8. The Morgan fingerprint density at radius 1 is 1.48 bits per heavy atom. The number of halogens is 1. The van der Waals surface area contributed by atoms with Crippen LogP contribution in [0, 0.1) is 0 Å². The molecule has 1 fully saturated rings. The Balaban J connectivity index is 1.87. The first-order chi connectivity index (χ1) is 10.2. The van der Waals surface area contributed by atoms with Crippen molar-refractivity contribution in [2.45, 2.75) is 32.7 Å². The van der Waals surface area contributed by atoms with E-state index < -0.39 is 0 Å². The van der Waals surface area contributed by atoms with E-state index in [2.05, 4.69) is 38.1 Å². The molecule has 0 radical (unpaired) electrons. The van der Waals surface area contributed by atoms with Gasteiger partial charge in [0.15, 0.2) is 6.29 Å². The first-order valence-electron chi connectivity index (χ1n) is 6.96. The average Bonchev–Trinajstić information content (AvgIpc) is 2.79. The SMILES string of the molecule is CCc1nc(-c2nnn(C)c2COC2CCO2)ccc1Br. The molecule has 0 N–H and O–H groups in total. The van der Waals surface area contributed by atoms with Crippen LogP contribution in [-0.4, -0.2) is 32.9 Å². The maximum absolute atomic E-state index is 5.69. The van der Waals surface area contributed by atoms with E-state index in [4.69, 9.17) is 9.47 Å². The van der Waals surface area contributed by atoms with E-state index in [1.54, 1.807) is 4.68 Å². The van der Waals surface area contributed by atoms with Crippen LogP contribution in [0.2, 0.25) is 0 Å². The van der Waals surface area contributed by atoms with Crippen LogP contribution in [-0.2, 0) is 29.5 Å². The van der Waals surface area contributed by atoms with Crippen LogP contribution in [0.25, 0.3) is 11.4 Å². The summed E-state index contributed by atoms with van der Waals surface area (Å²) < 4.78 is 13.7. The minimum Gasteiger partial charge on any atom is -0.352 e. The van der Waals surface area contributed by atoms with Gasteiger partial charge in [-0.1, -0.05) is 12.1 Å². The predicted molar refractivity (Wildman–Crippen MR) is 80.5 cm³/mol. The van der Waals surface area contributed by atoms with Crippen LogP contribution < -0.4 is 0 Å². The minimum atomic E-state index is -0.100. The first-order valence-corrected chi connectivity index (χ1v) is 7.76. The van der Waals surface area contributed by atoms with E-state index >= 15 is 0 Å². The van der Waals surface area contributed by atoms with Crippen LogP contribution in [0.4, 0.5) is 0 Å². The van der Waals surface area contributed by atoms with Crippen LogP contribution in [0.3, 0.4) is 0 Å². The van der Waals surface area contributed by atoms with Gasteiger partial charge in [0.2, 0.25) is 0 Å². The maximum Gasteiger partial charge on any atom is 0.160 e. The van der Waals surface area contributed by atoms with Gasteiger partial charge in [-0.25, -0.2) is 9.67 Å². The van der Waals surface area contributed by atoms with Crippen LogP contribution in [0.15, 0.2) is 16.6 Å². The van der Waals surface area contributed by atoms with Gasteiger partial charge in [0.1, 0.15) is 5.69 Å². The van der Waals surface area contributed by atoms with E-state index in [1.807, 2.05) is 19.2 Å². The summed E-state index contributed by atoms with van der Waals surface area (Å²) in [4.78, 5) is 4.65. The summed E-state index contributed by atoms with van der Waals surface area (Å²) in [7, 11) is 1.86. The lowest BCUT2D eigenvalue weighted by Gasteiger charge is -2.26. The third kappa shape index (κ3) is 3.00. The van der Waals surface area contributed by atoms with Crippen molar-refractivity contribution in [1.82, 2.24) is 20.0 Å². The smallest absolute Gasteiger partial charge is 0.160 e. The largest absolute Gasteiger partial charge is 0.352 e. The molecule has 7 heteroatoms. The van der Waals surface area contributed by atoms with Gasteiger partial charge in [-0.05, 0) is 34.5 Å². The fraction of sp³-hybridized carbons (Fsp3) is 0.500. The standard InChI is InChI=1S/C14H17BrN4O2/c1-3-10-9(15)4-5-11(16-10)14-12(19(2)18-17-14)8-21-13-6-7-20-13/h4-5,13H,3,6-8H2,1-2H3. The molecule has 1 saturated heterocycles. The van der Waals surface area contributed by atoms with Crippen molar-refractivity contribution in [3.63, 3.8) is 0 Å². The van der Waals surface area contributed by atoms with Gasteiger partial charge >= 0.3 is 0 Å². The Kier molecular flexibility index (Phi) is 4.32. The topological polar surface area (TPSA) is 62.1 Å². The summed E-state index contributed by atoms with van der Waals surface area (Å²) in [5, 5.41) is 8.31. The van der Waals surface area contributed by atoms with Crippen LogP contribution in [0.5, 0.6) is 0 Å². The van der Waals surface area contributed by atoms with Crippen molar-refractivity contribution < 1.29 is 9.47 Å². The molecule has 0 bridgehead atoms. The van der Waals surface area contributed by atoms with Gasteiger partial charge in [-0.2, -0.15) is 0 Å². The molecule has 2 aromatic rings. The Morgan fingerprint density at radius 2 is 2.29 bits per heavy atom. The second-order valence-corrected chi connectivity index (χ2v) is 5.74. The molecule has 0 aromatic carbocycles. The lowest BCUT2D eigenvalue weighted by atomic mass is 10.2. The number of ether oxygens (including phenoxy) is 2. The molecule has 21 heavy (non-hydrogen) atoms. The van der Waals surface area contributed by atoms with Crippen molar-refractivity contribution in [2.24, 2.45) is 7.05 Å². The number of nitrogens with zero attached hydrogens (tertiary/aromatic N) is 4. The molecule has 0 aliphatic carbocycles. The van der Waals surface area contributed by atoms with Crippen molar-refractivity contribution >= 4 is 15.9 Å². The molecule has 3 rings (SSSR count). The molecule has 1 aliphatic rings. The van der Waals surface area contributed by atoms with Gasteiger partial charge < -0.3 is 9.47 Å². The molecular formula is C14H17BrN4O2. The second kappa shape index (κ2) is 6.21. The highest BCUT2D eigenvalue weighted by Gasteiger charge is 2.21. The predicted octanol–water partition coefficient (Wildman–Crippen LogP) is 2.47. The third-order valence-electron chi connectivity index (χ3n) is 3.50. The van der Waals surface area contributed by atoms with E-state index in [9.17, 15) is 0 Å². The second-order valence-electron chi connectivity index (χ2n) is 4.89. The Labute approximate surface area is 131 Å². The molecule has 1 aliphatic heterocycles. The molecule has 0 amide bonds. The normalized spacial score (nSPS) is 17.8. The van der Waals surface area contributed by atoms with Crippen LogP contribution in [0.1, 0.15) is 24.7 Å². The van der Waals surface area contributed by atoms with Crippen molar-refractivity contribution in [2.75, 3.05) is 6.61 Å². The lowest BCUT2D eigenvalue weighted by Crippen LogP contribution is -2.29. The van der Waals surface area contributed by atoms with Crippen molar-refractivity contribution in [3.05, 3.63) is 28.0 Å². The lowest BCUT2D eigenvalue weighted by molar-refractivity contribution is -0.221. The fourth-order valence-electron chi connectivity index (χ4n) is 2.12. The number of aromatic nitrogens is 4. The van der Waals surface area contributed by atoms with Gasteiger partial charge in [-0.15, -0.1) is 5.10 Å². The molecule has 2 aromatic heterocycles. The zero-order valence-electron chi connectivity index (χ0n) is 12.0. The van der Waals surface area contributed by atoms with Gasteiger partial charge in [-0.3, -0.25) is 0 Å². The number of hydrogen-bond acceptors (Lipinski definition) is 5. The number of aryl methyl sites for hydroxylation is 2. The average molecular weight is 353 g/mol. The van der Waals surface area contributed by atoms with Crippen LogP contribution >= 0.6 is 15.9 Å². The van der Waals surface area contributed by atoms with E-state index in [0.717, 1.165) is 46.7 Å². The monoisotopic (exact) mass is 352 g/mol. The van der Waals surface area contributed by atoms with E-state index in [-0.39, 0.29) is 6.29 Å². The fourth-order valence-corrected chi connectivity index (χ4v) is 2.62. The molecule has 112 valence electrons. The Morgan fingerprint density at radius 3 is 2.95 bits per heavy atom. The van der Waals surface area contributed by atoms with Gasteiger partial charge in [0.05, 0.1) is 30.3 Å². The molecule has 0 spiro atoms. The first kappa shape index (κ1) is 14.6. The summed E-state index contributed by atoms with van der Waals surface area (Å²) in [6, 6.07) is 3.94. The number of hydrogen-bond donors (Lipinski definition) is 0. The third-order valence-corrected chi connectivity index (χ3v) is 4.22. The minimum absolute atomic E-state index is 0.100. The quantitative estimate of drug-likeness (QED) is 0.826. The van der Waals surface area contributed by atoms with E-state index in [0.29, 0.717) is 6.61 Å². The summed E-state index contributed by atoms with van der Waals surface area (Å²) in [6.07, 6.45) is 1.70. The highest BCUT2D eigenvalue weighted by atomic mass is 79.9. The summed E-state index contributed by atoms with van der Waals surface area (Å²) >= 11 is 3.51. The number of pyridine rings is 1. The van der Waals surface area contributed by atoms with Crippen molar-refractivity contribution in [1.29, 1.82) is 0 Å². The van der Waals surface area contributed by atoms with E-state index in [1.165, 1.54) is 0 Å². The summed E-state index contributed by atoms with van der Waals surface area (Å²) in [5.41, 5.74) is 3.49. The summed E-state index contributed by atoms with van der Waals surface area (Å²) in [5.74, 6) is 0. The van der Waals surface area contributed by atoms with Gasteiger partial charge in [0, 0.05) is 17.9 Å². The summed E-state index contributed by atoms with van der Waals surface area (Å²) in [6.45, 7) is 3.27. The number of rotatable bonds is 5. The molecule has 6 nitrogen and oxygen atoms in total. The molecule has 1 unspecified atom stereocenters. The van der Waals surface area contributed by atoms with Crippen molar-refractivity contribution in [3.8, 4) is 11.4 Å².